The maximum atomic E-state index is 12.9. The van der Waals surface area contributed by atoms with Crippen LogP contribution < -0.4 is 20.1 Å². The fourth-order valence-electron chi connectivity index (χ4n) is 3.13. The molecule has 0 spiro atoms. The molecule has 0 aromatic heterocycles. The fourth-order valence-corrected chi connectivity index (χ4v) is 3.13. The van der Waals surface area contributed by atoms with E-state index in [9.17, 15) is 9.18 Å². The van der Waals surface area contributed by atoms with Crippen molar-refractivity contribution >= 4 is 6.03 Å². The minimum absolute atomic E-state index is 0.0564. The molecule has 1 aliphatic heterocycles. The molecular formula is C20H21FN2O3. The quantitative estimate of drug-likeness (QED) is 0.861. The lowest BCUT2D eigenvalue weighted by Crippen LogP contribution is -2.38. The highest BCUT2D eigenvalue weighted by atomic mass is 19.1. The summed E-state index contributed by atoms with van der Waals surface area (Å²) in [6.45, 7) is 1.45. The van der Waals surface area contributed by atoms with Gasteiger partial charge in [-0.2, -0.15) is 0 Å². The fraction of sp³-hybridized carbons (Fsp3) is 0.350. The first-order valence-corrected chi connectivity index (χ1v) is 8.87. The number of fused-ring (bicyclic) bond motifs is 1. The largest absolute Gasteiger partial charge is 0.486 e. The van der Waals surface area contributed by atoms with Crippen molar-refractivity contribution in [3.05, 3.63) is 59.4 Å². The van der Waals surface area contributed by atoms with Gasteiger partial charge in [-0.15, -0.1) is 0 Å². The molecule has 1 fully saturated rings. The number of hydrogen-bond acceptors (Lipinski definition) is 3. The molecule has 2 amide bonds. The van der Waals surface area contributed by atoms with Crippen LogP contribution in [0.2, 0.25) is 0 Å². The number of hydrogen-bond donors (Lipinski definition) is 2. The summed E-state index contributed by atoms with van der Waals surface area (Å²) in [5.74, 6) is 1.63. The summed E-state index contributed by atoms with van der Waals surface area (Å²) in [7, 11) is 0. The van der Waals surface area contributed by atoms with Gasteiger partial charge in [0, 0.05) is 6.54 Å². The van der Waals surface area contributed by atoms with Crippen LogP contribution in [0.3, 0.4) is 0 Å². The second-order valence-electron chi connectivity index (χ2n) is 6.67. The molecule has 2 aliphatic rings. The van der Waals surface area contributed by atoms with Crippen LogP contribution in [0.25, 0.3) is 0 Å². The Morgan fingerprint density at radius 2 is 1.81 bits per heavy atom. The third-order valence-corrected chi connectivity index (χ3v) is 4.67. The van der Waals surface area contributed by atoms with E-state index < -0.39 is 0 Å². The second-order valence-corrected chi connectivity index (χ2v) is 6.67. The molecule has 0 unspecified atom stereocenters. The summed E-state index contributed by atoms with van der Waals surface area (Å²) >= 11 is 0. The number of nitrogens with one attached hydrogen (secondary N) is 2. The van der Waals surface area contributed by atoms with Gasteiger partial charge in [0.1, 0.15) is 19.0 Å². The first kappa shape index (κ1) is 16.7. The topological polar surface area (TPSA) is 59.6 Å². The van der Waals surface area contributed by atoms with E-state index in [1.54, 1.807) is 12.1 Å². The average Bonchev–Trinajstić information content (AvgIpc) is 3.50. The Bertz CT molecular complexity index is 790. The van der Waals surface area contributed by atoms with Gasteiger partial charge in [0.2, 0.25) is 0 Å². The van der Waals surface area contributed by atoms with Crippen molar-refractivity contribution in [2.24, 2.45) is 5.92 Å². The molecule has 2 aromatic rings. The van der Waals surface area contributed by atoms with Crippen molar-refractivity contribution in [3.63, 3.8) is 0 Å². The summed E-state index contributed by atoms with van der Waals surface area (Å²) < 4.78 is 24.2. The number of ether oxygens (including phenoxy) is 2. The normalized spacial score (nSPS) is 16.7. The molecule has 26 heavy (non-hydrogen) atoms. The van der Waals surface area contributed by atoms with E-state index in [0.717, 1.165) is 35.5 Å². The first-order chi connectivity index (χ1) is 12.7. The lowest BCUT2D eigenvalue weighted by Gasteiger charge is -2.23. The van der Waals surface area contributed by atoms with E-state index in [4.69, 9.17) is 9.47 Å². The monoisotopic (exact) mass is 356 g/mol. The number of amides is 2. The molecule has 136 valence electrons. The smallest absolute Gasteiger partial charge is 0.315 e. The zero-order valence-electron chi connectivity index (χ0n) is 14.3. The van der Waals surface area contributed by atoms with E-state index in [1.165, 1.54) is 12.1 Å². The summed E-state index contributed by atoms with van der Waals surface area (Å²) in [5.41, 5.74) is 1.87. The van der Waals surface area contributed by atoms with Crippen LogP contribution in [-0.4, -0.2) is 19.2 Å². The van der Waals surface area contributed by atoms with E-state index in [0.29, 0.717) is 25.7 Å². The summed E-state index contributed by atoms with van der Waals surface area (Å²) in [6.07, 6.45) is 2.19. The van der Waals surface area contributed by atoms with E-state index >= 15 is 0 Å². The molecule has 1 saturated carbocycles. The molecule has 1 heterocycles. The van der Waals surface area contributed by atoms with Crippen LogP contribution in [0.5, 0.6) is 11.5 Å². The molecule has 4 rings (SSSR count). The van der Waals surface area contributed by atoms with E-state index in [-0.39, 0.29) is 17.9 Å². The van der Waals surface area contributed by atoms with E-state index in [1.807, 2.05) is 18.2 Å². The third-order valence-electron chi connectivity index (χ3n) is 4.67. The number of halogens is 1. The Labute approximate surface area is 151 Å². The highest BCUT2D eigenvalue weighted by Crippen LogP contribution is 2.43. The molecule has 2 aromatic carbocycles. The van der Waals surface area contributed by atoms with Crippen LogP contribution in [-0.2, 0) is 6.54 Å². The number of rotatable bonds is 5. The highest BCUT2D eigenvalue weighted by molar-refractivity contribution is 5.74. The van der Waals surface area contributed by atoms with Crippen LogP contribution in [0.1, 0.15) is 30.0 Å². The summed E-state index contributed by atoms with van der Waals surface area (Å²) in [6, 6.07) is 11.6. The molecule has 2 N–H and O–H groups in total. The highest BCUT2D eigenvalue weighted by Gasteiger charge is 2.34. The van der Waals surface area contributed by atoms with E-state index in [2.05, 4.69) is 10.6 Å². The number of benzene rings is 2. The first-order valence-electron chi connectivity index (χ1n) is 8.87. The minimum atomic E-state index is -0.286. The van der Waals surface area contributed by atoms with Gasteiger partial charge in [-0.3, -0.25) is 0 Å². The van der Waals surface area contributed by atoms with Gasteiger partial charge < -0.3 is 20.1 Å². The SMILES string of the molecule is O=C(NCc1ccc(F)cc1)N[C@H](c1ccc2c(c1)OCCO2)C1CC1. The van der Waals surface area contributed by atoms with Crippen molar-refractivity contribution in [3.8, 4) is 11.5 Å². The van der Waals surface area contributed by atoms with Crippen molar-refractivity contribution in [1.82, 2.24) is 10.6 Å². The van der Waals surface area contributed by atoms with Crippen molar-refractivity contribution in [2.45, 2.75) is 25.4 Å². The Morgan fingerprint density at radius 3 is 2.54 bits per heavy atom. The second kappa shape index (κ2) is 7.23. The van der Waals surface area contributed by atoms with Gasteiger partial charge >= 0.3 is 6.03 Å². The number of urea groups is 1. The maximum Gasteiger partial charge on any atom is 0.315 e. The number of carbonyl (C=O) groups excluding carboxylic acids is 1. The van der Waals surface area contributed by atoms with Crippen LogP contribution in [0.15, 0.2) is 42.5 Å². The van der Waals surface area contributed by atoms with Crippen LogP contribution >= 0.6 is 0 Å². The molecule has 1 atom stereocenters. The number of carbonyl (C=O) groups is 1. The van der Waals surface area contributed by atoms with Crippen molar-refractivity contribution in [2.75, 3.05) is 13.2 Å². The zero-order valence-corrected chi connectivity index (χ0v) is 14.3. The summed E-state index contributed by atoms with van der Waals surface area (Å²) in [4.78, 5) is 12.3. The predicted octanol–water partition coefficient (Wildman–Crippen LogP) is 3.55. The van der Waals surface area contributed by atoms with Gasteiger partial charge in [0.15, 0.2) is 11.5 Å². The Hall–Kier alpha value is -2.76. The van der Waals surface area contributed by atoms with Crippen LogP contribution in [0.4, 0.5) is 9.18 Å². The zero-order chi connectivity index (χ0) is 17.9. The molecular weight excluding hydrogens is 335 g/mol. The standard InChI is InChI=1S/C20H21FN2O3/c21-16-6-1-13(2-7-16)12-22-20(24)23-19(14-3-4-14)15-5-8-17-18(11-15)26-10-9-25-17/h1-2,5-8,11,14,19H,3-4,9-10,12H2,(H2,22,23,24)/t19-/m0/s1. The van der Waals surface area contributed by atoms with Crippen molar-refractivity contribution in [1.29, 1.82) is 0 Å². The van der Waals surface area contributed by atoms with Gasteiger partial charge in [-0.1, -0.05) is 18.2 Å². The lowest BCUT2D eigenvalue weighted by atomic mass is 10.0. The van der Waals surface area contributed by atoms with Gasteiger partial charge in [-0.05, 0) is 54.2 Å². The lowest BCUT2D eigenvalue weighted by molar-refractivity contribution is 0.171. The minimum Gasteiger partial charge on any atom is -0.486 e. The average molecular weight is 356 g/mol. The third kappa shape index (κ3) is 3.90. The van der Waals surface area contributed by atoms with Crippen molar-refractivity contribution < 1.29 is 18.7 Å². The molecule has 1 aliphatic carbocycles. The Morgan fingerprint density at radius 1 is 1.08 bits per heavy atom. The molecule has 0 saturated heterocycles. The molecule has 0 radical (unpaired) electrons. The Balaban J connectivity index is 1.40. The van der Waals surface area contributed by atoms with Gasteiger partial charge in [-0.25, -0.2) is 9.18 Å². The Kier molecular flexibility index (Phi) is 4.65. The summed E-state index contributed by atoms with van der Waals surface area (Å²) in [5, 5.41) is 5.90. The van der Waals surface area contributed by atoms with Crippen LogP contribution in [0, 0.1) is 11.7 Å². The molecule has 0 bridgehead atoms. The predicted molar refractivity (Wildman–Crippen MR) is 94.7 cm³/mol. The van der Waals surface area contributed by atoms with Gasteiger partial charge in [0.25, 0.3) is 0 Å². The van der Waals surface area contributed by atoms with Gasteiger partial charge in [0.05, 0.1) is 6.04 Å². The molecule has 5 nitrogen and oxygen atoms in total. The molecule has 6 heteroatoms. The maximum absolute atomic E-state index is 12.9.